The number of likely N-dealkylation sites (N-methyl/N-ethyl adjacent to an activating group) is 1. The van der Waals surface area contributed by atoms with E-state index in [0.29, 0.717) is 24.5 Å². The summed E-state index contributed by atoms with van der Waals surface area (Å²) in [5.74, 6) is 1.12. The van der Waals surface area contributed by atoms with Crippen LogP contribution in [-0.2, 0) is 4.79 Å². The standard InChI is InChI=1S/C14H26N2O/c1-3-16(13-7-8-13)14(17)10-15-12-6-4-5-11(2)9-12/h11-13,15H,3-10H2,1-2H3. The molecule has 98 valence electrons. The molecule has 1 amide bonds. The molecule has 0 bridgehead atoms. The van der Waals surface area contributed by atoms with Gasteiger partial charge in [-0.25, -0.2) is 0 Å². The molecule has 0 heterocycles. The highest BCUT2D eigenvalue weighted by atomic mass is 16.2. The van der Waals surface area contributed by atoms with Crippen LogP contribution in [0.15, 0.2) is 0 Å². The zero-order chi connectivity index (χ0) is 12.3. The van der Waals surface area contributed by atoms with Crippen molar-refractivity contribution in [2.45, 2.75) is 64.5 Å². The van der Waals surface area contributed by atoms with Crippen LogP contribution in [0.5, 0.6) is 0 Å². The van der Waals surface area contributed by atoms with E-state index in [9.17, 15) is 4.79 Å². The molecule has 1 N–H and O–H groups in total. The van der Waals surface area contributed by atoms with Crippen LogP contribution in [0.1, 0.15) is 52.4 Å². The number of rotatable bonds is 5. The van der Waals surface area contributed by atoms with Crippen molar-refractivity contribution in [3.8, 4) is 0 Å². The normalized spacial score (nSPS) is 29.1. The Morgan fingerprint density at radius 1 is 1.29 bits per heavy atom. The van der Waals surface area contributed by atoms with Gasteiger partial charge in [-0.15, -0.1) is 0 Å². The molecule has 2 fully saturated rings. The van der Waals surface area contributed by atoms with Crippen LogP contribution < -0.4 is 5.32 Å². The van der Waals surface area contributed by atoms with Gasteiger partial charge in [0.15, 0.2) is 0 Å². The number of nitrogens with one attached hydrogen (secondary N) is 1. The third-order valence-electron chi connectivity index (χ3n) is 4.13. The molecule has 0 aromatic heterocycles. The van der Waals surface area contributed by atoms with Crippen LogP contribution in [0.2, 0.25) is 0 Å². The minimum Gasteiger partial charge on any atom is -0.339 e. The van der Waals surface area contributed by atoms with E-state index in [4.69, 9.17) is 0 Å². The molecule has 2 rings (SSSR count). The van der Waals surface area contributed by atoms with E-state index < -0.39 is 0 Å². The quantitative estimate of drug-likeness (QED) is 0.796. The Balaban J connectivity index is 1.71. The zero-order valence-electron chi connectivity index (χ0n) is 11.2. The zero-order valence-corrected chi connectivity index (χ0v) is 11.2. The van der Waals surface area contributed by atoms with Gasteiger partial charge in [0.05, 0.1) is 6.54 Å². The third-order valence-corrected chi connectivity index (χ3v) is 4.13. The second kappa shape index (κ2) is 5.85. The molecule has 17 heavy (non-hydrogen) atoms. The average molecular weight is 238 g/mol. The van der Waals surface area contributed by atoms with Gasteiger partial charge in [-0.3, -0.25) is 4.79 Å². The predicted molar refractivity (Wildman–Crippen MR) is 69.8 cm³/mol. The molecule has 2 aliphatic rings. The highest BCUT2D eigenvalue weighted by Gasteiger charge is 2.31. The molecule has 2 aliphatic carbocycles. The van der Waals surface area contributed by atoms with Crippen LogP contribution >= 0.6 is 0 Å². The summed E-state index contributed by atoms with van der Waals surface area (Å²) in [5.41, 5.74) is 0. The summed E-state index contributed by atoms with van der Waals surface area (Å²) < 4.78 is 0. The van der Waals surface area contributed by atoms with Crippen molar-refractivity contribution >= 4 is 5.91 Å². The SMILES string of the molecule is CCN(C(=O)CNC1CCCC(C)C1)C1CC1. The number of carbonyl (C=O) groups is 1. The van der Waals surface area contributed by atoms with Crippen molar-refractivity contribution in [1.29, 1.82) is 0 Å². The van der Waals surface area contributed by atoms with E-state index in [1.807, 2.05) is 4.90 Å². The molecule has 0 saturated heterocycles. The van der Waals surface area contributed by atoms with Crippen molar-refractivity contribution in [2.75, 3.05) is 13.1 Å². The summed E-state index contributed by atoms with van der Waals surface area (Å²) in [7, 11) is 0. The van der Waals surface area contributed by atoms with Crippen LogP contribution in [0.4, 0.5) is 0 Å². The maximum atomic E-state index is 12.0. The Labute approximate surface area is 105 Å². The Hall–Kier alpha value is -0.570. The fourth-order valence-electron chi connectivity index (χ4n) is 2.98. The van der Waals surface area contributed by atoms with Crippen LogP contribution in [-0.4, -0.2) is 36.0 Å². The van der Waals surface area contributed by atoms with Crippen molar-refractivity contribution in [2.24, 2.45) is 5.92 Å². The van der Waals surface area contributed by atoms with Crippen molar-refractivity contribution in [3.63, 3.8) is 0 Å². The molecule has 0 spiro atoms. The van der Waals surface area contributed by atoms with Crippen LogP contribution in [0, 0.1) is 5.92 Å². The lowest BCUT2D eigenvalue weighted by molar-refractivity contribution is -0.130. The monoisotopic (exact) mass is 238 g/mol. The first kappa shape index (κ1) is 12.9. The van der Waals surface area contributed by atoms with Gasteiger partial charge in [0, 0.05) is 18.6 Å². The van der Waals surface area contributed by atoms with Gasteiger partial charge in [-0.1, -0.05) is 19.8 Å². The number of nitrogens with zero attached hydrogens (tertiary/aromatic N) is 1. The maximum absolute atomic E-state index is 12.0. The molecule has 3 nitrogen and oxygen atoms in total. The summed E-state index contributed by atoms with van der Waals surface area (Å²) in [6.07, 6.45) is 7.57. The first-order valence-corrected chi connectivity index (χ1v) is 7.23. The Morgan fingerprint density at radius 3 is 2.65 bits per heavy atom. The smallest absolute Gasteiger partial charge is 0.236 e. The van der Waals surface area contributed by atoms with Gasteiger partial charge in [-0.05, 0) is 38.5 Å². The lowest BCUT2D eigenvalue weighted by Gasteiger charge is -2.28. The second-order valence-electron chi connectivity index (χ2n) is 5.76. The van der Waals surface area contributed by atoms with Gasteiger partial charge in [0.1, 0.15) is 0 Å². The van der Waals surface area contributed by atoms with Crippen molar-refractivity contribution < 1.29 is 4.79 Å². The van der Waals surface area contributed by atoms with Gasteiger partial charge in [-0.2, -0.15) is 0 Å². The van der Waals surface area contributed by atoms with E-state index in [1.54, 1.807) is 0 Å². The highest BCUT2D eigenvalue weighted by molar-refractivity contribution is 5.78. The molecule has 0 radical (unpaired) electrons. The fourth-order valence-corrected chi connectivity index (χ4v) is 2.98. The molecule has 0 aromatic rings. The van der Waals surface area contributed by atoms with Crippen molar-refractivity contribution in [3.05, 3.63) is 0 Å². The molecule has 2 saturated carbocycles. The second-order valence-corrected chi connectivity index (χ2v) is 5.76. The molecule has 0 aromatic carbocycles. The first-order valence-electron chi connectivity index (χ1n) is 7.23. The minimum atomic E-state index is 0.299. The van der Waals surface area contributed by atoms with E-state index in [0.717, 1.165) is 12.5 Å². The Morgan fingerprint density at radius 2 is 2.06 bits per heavy atom. The summed E-state index contributed by atoms with van der Waals surface area (Å²) >= 11 is 0. The van der Waals surface area contributed by atoms with Crippen molar-refractivity contribution in [1.82, 2.24) is 10.2 Å². The van der Waals surface area contributed by atoms with E-state index in [1.165, 1.54) is 38.5 Å². The third kappa shape index (κ3) is 3.70. The predicted octanol–water partition coefficient (Wildman–Crippen LogP) is 2.17. The number of carbonyl (C=O) groups excluding carboxylic acids is 1. The average Bonchev–Trinajstić information content (AvgIpc) is 3.12. The molecular weight excluding hydrogens is 212 g/mol. The Kier molecular flexibility index (Phi) is 4.43. The summed E-state index contributed by atoms with van der Waals surface area (Å²) in [4.78, 5) is 14.1. The maximum Gasteiger partial charge on any atom is 0.236 e. The summed E-state index contributed by atoms with van der Waals surface area (Å²) in [6.45, 7) is 5.81. The summed E-state index contributed by atoms with van der Waals surface area (Å²) in [6, 6.07) is 1.13. The lowest BCUT2D eigenvalue weighted by atomic mass is 9.87. The fraction of sp³-hybridized carbons (Fsp3) is 0.929. The van der Waals surface area contributed by atoms with Gasteiger partial charge in [0.2, 0.25) is 5.91 Å². The lowest BCUT2D eigenvalue weighted by Crippen LogP contribution is -2.43. The van der Waals surface area contributed by atoms with E-state index in [2.05, 4.69) is 19.2 Å². The highest BCUT2D eigenvalue weighted by Crippen LogP contribution is 2.27. The number of amides is 1. The largest absolute Gasteiger partial charge is 0.339 e. The van der Waals surface area contributed by atoms with E-state index in [-0.39, 0.29) is 0 Å². The molecule has 2 unspecified atom stereocenters. The first-order chi connectivity index (χ1) is 8.20. The van der Waals surface area contributed by atoms with Crippen LogP contribution in [0.3, 0.4) is 0 Å². The summed E-state index contributed by atoms with van der Waals surface area (Å²) in [5, 5.41) is 3.46. The topological polar surface area (TPSA) is 32.3 Å². The molecule has 2 atom stereocenters. The van der Waals surface area contributed by atoms with Gasteiger partial charge < -0.3 is 10.2 Å². The molecule has 3 heteroatoms. The minimum absolute atomic E-state index is 0.299. The Bertz CT molecular complexity index is 263. The molecule has 0 aliphatic heterocycles. The van der Waals surface area contributed by atoms with Gasteiger partial charge in [0.25, 0.3) is 0 Å². The van der Waals surface area contributed by atoms with E-state index >= 15 is 0 Å². The van der Waals surface area contributed by atoms with Crippen LogP contribution in [0.25, 0.3) is 0 Å². The molecular formula is C14H26N2O. The number of hydrogen-bond donors (Lipinski definition) is 1. The van der Waals surface area contributed by atoms with Gasteiger partial charge >= 0.3 is 0 Å². The number of hydrogen-bond acceptors (Lipinski definition) is 2.